The van der Waals surface area contributed by atoms with Crippen LogP contribution >= 0.6 is 11.8 Å². The first kappa shape index (κ1) is 13.5. The summed E-state index contributed by atoms with van der Waals surface area (Å²) in [7, 11) is 1.88. The Labute approximate surface area is 113 Å². The van der Waals surface area contributed by atoms with E-state index in [1.165, 1.54) is 19.3 Å². The van der Waals surface area contributed by atoms with Gasteiger partial charge in [-0.25, -0.2) is 9.97 Å². The third-order valence-electron chi connectivity index (χ3n) is 3.52. The summed E-state index contributed by atoms with van der Waals surface area (Å²) in [4.78, 5) is 8.84. The SMILES string of the molecule is CNc1cc(NCC2CCC(C)C2)nc(SC)n1. The number of anilines is 2. The summed E-state index contributed by atoms with van der Waals surface area (Å²) < 4.78 is 0. The lowest BCUT2D eigenvalue weighted by atomic mass is 10.1. The summed E-state index contributed by atoms with van der Waals surface area (Å²) >= 11 is 1.57. The molecule has 1 saturated carbocycles. The van der Waals surface area contributed by atoms with E-state index in [1.54, 1.807) is 11.8 Å². The van der Waals surface area contributed by atoms with Crippen LogP contribution in [0.3, 0.4) is 0 Å². The first-order chi connectivity index (χ1) is 8.71. The summed E-state index contributed by atoms with van der Waals surface area (Å²) in [5, 5.41) is 7.33. The molecule has 18 heavy (non-hydrogen) atoms. The predicted octanol–water partition coefficient (Wildman–Crippen LogP) is 3.09. The van der Waals surface area contributed by atoms with E-state index in [9.17, 15) is 0 Å². The van der Waals surface area contributed by atoms with Crippen LogP contribution in [0.25, 0.3) is 0 Å². The molecule has 0 bridgehead atoms. The highest BCUT2D eigenvalue weighted by Crippen LogP contribution is 2.30. The molecule has 2 unspecified atom stereocenters. The second kappa shape index (κ2) is 6.27. The summed E-state index contributed by atoms with van der Waals surface area (Å²) in [5.41, 5.74) is 0. The van der Waals surface area contributed by atoms with Crippen molar-refractivity contribution in [1.82, 2.24) is 9.97 Å². The number of hydrogen-bond donors (Lipinski definition) is 2. The molecule has 0 aromatic carbocycles. The Bertz CT molecular complexity index is 374. The van der Waals surface area contributed by atoms with Crippen LogP contribution in [0.5, 0.6) is 0 Å². The van der Waals surface area contributed by atoms with Crippen LogP contribution in [0.4, 0.5) is 11.6 Å². The van der Waals surface area contributed by atoms with Gasteiger partial charge in [-0.2, -0.15) is 0 Å². The molecule has 100 valence electrons. The predicted molar refractivity (Wildman–Crippen MR) is 78.4 cm³/mol. The smallest absolute Gasteiger partial charge is 0.191 e. The fourth-order valence-electron chi connectivity index (χ4n) is 2.49. The number of rotatable bonds is 5. The van der Waals surface area contributed by atoms with Crippen molar-refractivity contribution in [3.05, 3.63) is 6.07 Å². The molecule has 1 aromatic heterocycles. The molecule has 1 aliphatic rings. The van der Waals surface area contributed by atoms with Crippen molar-refractivity contribution in [3.8, 4) is 0 Å². The average molecular weight is 266 g/mol. The van der Waals surface area contributed by atoms with Gasteiger partial charge in [-0.3, -0.25) is 0 Å². The first-order valence-corrected chi connectivity index (χ1v) is 7.78. The van der Waals surface area contributed by atoms with Crippen molar-refractivity contribution < 1.29 is 0 Å². The van der Waals surface area contributed by atoms with E-state index in [1.807, 2.05) is 19.4 Å². The van der Waals surface area contributed by atoms with Crippen LogP contribution in [0, 0.1) is 11.8 Å². The van der Waals surface area contributed by atoms with E-state index in [2.05, 4.69) is 27.5 Å². The van der Waals surface area contributed by atoms with Gasteiger partial charge in [0.15, 0.2) is 5.16 Å². The van der Waals surface area contributed by atoms with Crippen molar-refractivity contribution in [2.45, 2.75) is 31.3 Å². The minimum atomic E-state index is 0.797. The fourth-order valence-corrected chi connectivity index (χ4v) is 2.87. The number of nitrogens with one attached hydrogen (secondary N) is 2. The van der Waals surface area contributed by atoms with Crippen molar-refractivity contribution in [3.63, 3.8) is 0 Å². The Hall–Kier alpha value is -0.970. The van der Waals surface area contributed by atoms with Gasteiger partial charge in [-0.15, -0.1) is 0 Å². The van der Waals surface area contributed by atoms with Gasteiger partial charge in [0.05, 0.1) is 0 Å². The molecule has 1 aromatic rings. The van der Waals surface area contributed by atoms with Crippen molar-refractivity contribution >= 4 is 23.4 Å². The topological polar surface area (TPSA) is 49.8 Å². The maximum atomic E-state index is 4.48. The Balaban J connectivity index is 1.95. The molecule has 4 nitrogen and oxygen atoms in total. The summed E-state index contributed by atoms with van der Waals surface area (Å²) in [5.74, 6) is 3.48. The molecule has 0 radical (unpaired) electrons. The van der Waals surface area contributed by atoms with E-state index in [-0.39, 0.29) is 0 Å². The van der Waals surface area contributed by atoms with Crippen LogP contribution in [0.1, 0.15) is 26.2 Å². The molecular formula is C13H22N4S. The summed E-state index contributed by atoms with van der Waals surface area (Å²) in [6.45, 7) is 3.37. The Morgan fingerprint density at radius 3 is 2.72 bits per heavy atom. The van der Waals surface area contributed by atoms with Gasteiger partial charge in [0.2, 0.25) is 0 Å². The van der Waals surface area contributed by atoms with Gasteiger partial charge in [0.25, 0.3) is 0 Å². The molecule has 5 heteroatoms. The van der Waals surface area contributed by atoms with E-state index >= 15 is 0 Å². The number of aromatic nitrogens is 2. The van der Waals surface area contributed by atoms with E-state index < -0.39 is 0 Å². The highest BCUT2D eigenvalue weighted by molar-refractivity contribution is 7.98. The van der Waals surface area contributed by atoms with Crippen molar-refractivity contribution in [2.75, 3.05) is 30.5 Å². The highest BCUT2D eigenvalue weighted by atomic mass is 32.2. The van der Waals surface area contributed by atoms with Crippen molar-refractivity contribution in [1.29, 1.82) is 0 Å². The Morgan fingerprint density at radius 2 is 2.11 bits per heavy atom. The standard InChI is InChI=1S/C13H22N4S/c1-9-4-5-10(6-9)8-15-12-7-11(14-2)16-13(17-12)18-3/h7,9-10H,4-6,8H2,1-3H3,(H2,14,15,16,17). The third-order valence-corrected chi connectivity index (χ3v) is 4.07. The molecule has 2 N–H and O–H groups in total. The van der Waals surface area contributed by atoms with Gasteiger partial charge in [-0.05, 0) is 30.9 Å². The van der Waals surface area contributed by atoms with Crippen LogP contribution in [-0.2, 0) is 0 Å². The number of thioether (sulfide) groups is 1. The van der Waals surface area contributed by atoms with Gasteiger partial charge in [0, 0.05) is 19.7 Å². The molecule has 0 saturated heterocycles. The number of nitrogens with zero attached hydrogens (tertiary/aromatic N) is 2. The fraction of sp³-hybridized carbons (Fsp3) is 0.692. The first-order valence-electron chi connectivity index (χ1n) is 6.56. The minimum Gasteiger partial charge on any atom is -0.373 e. The van der Waals surface area contributed by atoms with Crippen LogP contribution in [0.2, 0.25) is 0 Å². The Kier molecular flexibility index (Phi) is 4.69. The number of hydrogen-bond acceptors (Lipinski definition) is 5. The summed E-state index contributed by atoms with van der Waals surface area (Å²) in [6.07, 6.45) is 6.05. The normalized spacial score (nSPS) is 23.1. The maximum absolute atomic E-state index is 4.48. The minimum absolute atomic E-state index is 0.797. The third kappa shape index (κ3) is 3.51. The second-order valence-electron chi connectivity index (χ2n) is 5.04. The molecular weight excluding hydrogens is 244 g/mol. The molecule has 2 atom stereocenters. The lowest BCUT2D eigenvalue weighted by Gasteiger charge is -2.13. The van der Waals surface area contributed by atoms with E-state index in [4.69, 9.17) is 0 Å². The monoisotopic (exact) mass is 266 g/mol. The second-order valence-corrected chi connectivity index (χ2v) is 5.81. The zero-order valence-corrected chi connectivity index (χ0v) is 12.2. The van der Waals surface area contributed by atoms with Gasteiger partial charge in [-0.1, -0.05) is 25.1 Å². The van der Waals surface area contributed by atoms with Gasteiger partial charge >= 0.3 is 0 Å². The van der Waals surface area contributed by atoms with E-state index in [0.29, 0.717) is 0 Å². The van der Waals surface area contributed by atoms with Gasteiger partial charge < -0.3 is 10.6 Å². The molecule has 0 spiro atoms. The zero-order chi connectivity index (χ0) is 13.0. The molecule has 1 aliphatic carbocycles. The molecule has 1 heterocycles. The zero-order valence-electron chi connectivity index (χ0n) is 11.4. The average Bonchev–Trinajstić information content (AvgIpc) is 2.81. The maximum Gasteiger partial charge on any atom is 0.191 e. The quantitative estimate of drug-likeness (QED) is 0.633. The highest BCUT2D eigenvalue weighted by Gasteiger charge is 2.21. The van der Waals surface area contributed by atoms with E-state index in [0.717, 1.165) is 35.2 Å². The molecule has 0 amide bonds. The van der Waals surface area contributed by atoms with Gasteiger partial charge in [0.1, 0.15) is 11.6 Å². The van der Waals surface area contributed by atoms with Crippen LogP contribution in [-0.4, -0.2) is 29.8 Å². The molecule has 1 fully saturated rings. The van der Waals surface area contributed by atoms with Crippen LogP contribution < -0.4 is 10.6 Å². The molecule has 0 aliphatic heterocycles. The van der Waals surface area contributed by atoms with Crippen LogP contribution in [0.15, 0.2) is 11.2 Å². The lowest BCUT2D eigenvalue weighted by molar-refractivity contribution is 0.536. The summed E-state index contributed by atoms with van der Waals surface area (Å²) in [6, 6.07) is 1.97. The van der Waals surface area contributed by atoms with Crippen molar-refractivity contribution in [2.24, 2.45) is 11.8 Å². The Morgan fingerprint density at radius 1 is 1.33 bits per heavy atom. The molecule has 2 rings (SSSR count). The lowest BCUT2D eigenvalue weighted by Crippen LogP contribution is -2.13. The largest absolute Gasteiger partial charge is 0.373 e.